The molecule has 3 aromatic rings. The molecule has 1 aliphatic heterocycles. The zero-order chi connectivity index (χ0) is 19.7. The number of aromatic nitrogens is 4. The van der Waals surface area contributed by atoms with Crippen LogP contribution in [0.25, 0.3) is 22.5 Å². The molecule has 28 heavy (non-hydrogen) atoms. The topological polar surface area (TPSA) is 81.2 Å². The SMILES string of the molecule is CN1CCC(N(C)c2[nH]nc(-c3cc(O)cc(Cl)c3)c2-c2ccncn2)CC1. The van der Waals surface area contributed by atoms with Crippen molar-refractivity contribution in [3.05, 3.63) is 41.8 Å². The second kappa shape index (κ2) is 7.77. The fourth-order valence-corrected chi connectivity index (χ4v) is 3.98. The molecule has 0 bridgehead atoms. The number of anilines is 1. The molecule has 1 aromatic carbocycles. The van der Waals surface area contributed by atoms with Gasteiger partial charge in [-0.15, -0.1) is 0 Å². The molecule has 7 nitrogen and oxygen atoms in total. The summed E-state index contributed by atoms with van der Waals surface area (Å²) in [5.74, 6) is 1.01. The molecule has 0 aliphatic carbocycles. The number of aromatic hydroxyl groups is 1. The smallest absolute Gasteiger partial charge is 0.134 e. The summed E-state index contributed by atoms with van der Waals surface area (Å²) in [6.07, 6.45) is 5.42. The van der Waals surface area contributed by atoms with Gasteiger partial charge in [-0.2, -0.15) is 5.10 Å². The van der Waals surface area contributed by atoms with Crippen LogP contribution < -0.4 is 4.90 Å². The number of piperidine rings is 1. The maximum atomic E-state index is 10.00. The van der Waals surface area contributed by atoms with E-state index >= 15 is 0 Å². The average molecular weight is 399 g/mol. The predicted molar refractivity (Wildman–Crippen MR) is 111 cm³/mol. The third-order valence-corrected chi connectivity index (χ3v) is 5.55. The van der Waals surface area contributed by atoms with Crippen molar-refractivity contribution in [3.8, 4) is 28.3 Å². The fraction of sp³-hybridized carbons (Fsp3) is 0.350. The maximum Gasteiger partial charge on any atom is 0.134 e. The fourth-order valence-electron chi connectivity index (χ4n) is 3.75. The molecule has 0 saturated carbocycles. The van der Waals surface area contributed by atoms with Gasteiger partial charge in [0.25, 0.3) is 0 Å². The molecule has 8 heteroatoms. The van der Waals surface area contributed by atoms with Crippen molar-refractivity contribution < 1.29 is 5.11 Å². The van der Waals surface area contributed by atoms with E-state index in [-0.39, 0.29) is 5.75 Å². The number of rotatable bonds is 4. The number of nitrogens with zero attached hydrogens (tertiary/aromatic N) is 5. The lowest BCUT2D eigenvalue weighted by molar-refractivity contribution is 0.252. The summed E-state index contributed by atoms with van der Waals surface area (Å²) in [6.45, 7) is 2.14. The average Bonchev–Trinajstić information content (AvgIpc) is 3.13. The maximum absolute atomic E-state index is 10.00. The van der Waals surface area contributed by atoms with E-state index < -0.39 is 0 Å². The van der Waals surface area contributed by atoms with E-state index in [4.69, 9.17) is 11.6 Å². The third-order valence-electron chi connectivity index (χ3n) is 5.33. The van der Waals surface area contributed by atoms with Gasteiger partial charge in [-0.05, 0) is 57.2 Å². The highest BCUT2D eigenvalue weighted by atomic mass is 35.5. The van der Waals surface area contributed by atoms with Crippen LogP contribution in [-0.4, -0.2) is 63.4 Å². The first-order valence-electron chi connectivity index (χ1n) is 9.29. The largest absolute Gasteiger partial charge is 0.508 e. The Balaban J connectivity index is 1.80. The van der Waals surface area contributed by atoms with Crippen LogP contribution in [0.2, 0.25) is 5.02 Å². The third kappa shape index (κ3) is 3.68. The van der Waals surface area contributed by atoms with Crippen molar-refractivity contribution in [1.29, 1.82) is 0 Å². The minimum absolute atomic E-state index is 0.101. The second-order valence-electron chi connectivity index (χ2n) is 7.23. The summed E-state index contributed by atoms with van der Waals surface area (Å²) in [4.78, 5) is 13.1. The number of halogens is 1. The minimum Gasteiger partial charge on any atom is -0.508 e. The van der Waals surface area contributed by atoms with Crippen LogP contribution in [0.15, 0.2) is 36.8 Å². The molecule has 0 spiro atoms. The lowest BCUT2D eigenvalue weighted by Gasteiger charge is -2.36. The number of phenolic OH excluding ortho intramolecular Hbond substituents is 1. The van der Waals surface area contributed by atoms with Crippen LogP contribution in [0.5, 0.6) is 5.75 Å². The van der Waals surface area contributed by atoms with Crippen LogP contribution in [0.1, 0.15) is 12.8 Å². The van der Waals surface area contributed by atoms with Gasteiger partial charge < -0.3 is 14.9 Å². The molecule has 0 atom stereocenters. The van der Waals surface area contributed by atoms with Gasteiger partial charge in [0.05, 0.1) is 11.3 Å². The Kier molecular flexibility index (Phi) is 5.19. The predicted octanol–water partition coefficient (Wildman–Crippen LogP) is 3.42. The Bertz CT molecular complexity index is 932. The monoisotopic (exact) mass is 398 g/mol. The number of nitrogens with one attached hydrogen (secondary N) is 1. The highest BCUT2D eigenvalue weighted by Crippen LogP contribution is 2.39. The molecule has 2 aromatic heterocycles. The normalized spacial score (nSPS) is 15.7. The van der Waals surface area contributed by atoms with Crippen molar-refractivity contribution in [2.24, 2.45) is 0 Å². The van der Waals surface area contributed by atoms with Gasteiger partial charge in [0.1, 0.15) is 23.6 Å². The number of H-pyrrole nitrogens is 1. The van der Waals surface area contributed by atoms with Crippen molar-refractivity contribution in [2.75, 3.05) is 32.1 Å². The number of hydrogen-bond acceptors (Lipinski definition) is 6. The summed E-state index contributed by atoms with van der Waals surface area (Å²) in [5, 5.41) is 18.2. The Morgan fingerprint density at radius 3 is 2.71 bits per heavy atom. The van der Waals surface area contributed by atoms with Gasteiger partial charge in [-0.1, -0.05) is 11.6 Å². The van der Waals surface area contributed by atoms with Crippen molar-refractivity contribution in [2.45, 2.75) is 18.9 Å². The van der Waals surface area contributed by atoms with E-state index in [2.05, 4.69) is 44.1 Å². The Morgan fingerprint density at radius 2 is 2.04 bits per heavy atom. The zero-order valence-electron chi connectivity index (χ0n) is 15.9. The van der Waals surface area contributed by atoms with Crippen molar-refractivity contribution in [1.82, 2.24) is 25.1 Å². The highest BCUT2D eigenvalue weighted by Gasteiger charge is 2.27. The zero-order valence-corrected chi connectivity index (χ0v) is 16.7. The molecule has 0 radical (unpaired) electrons. The van der Waals surface area contributed by atoms with Crippen molar-refractivity contribution in [3.63, 3.8) is 0 Å². The first-order chi connectivity index (χ1) is 13.5. The molecule has 1 aliphatic rings. The van der Waals surface area contributed by atoms with Crippen LogP contribution in [0.3, 0.4) is 0 Å². The molecule has 2 N–H and O–H groups in total. The van der Waals surface area contributed by atoms with E-state index in [0.717, 1.165) is 48.6 Å². The summed E-state index contributed by atoms with van der Waals surface area (Å²) >= 11 is 6.16. The summed E-state index contributed by atoms with van der Waals surface area (Å²) in [6, 6.07) is 7.24. The highest BCUT2D eigenvalue weighted by molar-refractivity contribution is 6.31. The first-order valence-corrected chi connectivity index (χ1v) is 9.67. The quantitative estimate of drug-likeness (QED) is 0.700. The van der Waals surface area contributed by atoms with Gasteiger partial charge in [0.15, 0.2) is 0 Å². The Labute approximate surface area is 169 Å². The molecule has 146 valence electrons. The Morgan fingerprint density at radius 1 is 1.25 bits per heavy atom. The number of aromatic amines is 1. The molecular formula is C20H23ClN6O. The van der Waals surface area contributed by atoms with Gasteiger partial charge in [0, 0.05) is 29.9 Å². The summed E-state index contributed by atoms with van der Waals surface area (Å²) in [7, 11) is 4.25. The molecule has 1 fully saturated rings. The van der Waals surface area contributed by atoms with E-state index in [1.807, 2.05) is 6.07 Å². The lowest BCUT2D eigenvalue weighted by atomic mass is 10.0. The van der Waals surface area contributed by atoms with Crippen molar-refractivity contribution >= 4 is 17.4 Å². The molecular weight excluding hydrogens is 376 g/mol. The molecule has 3 heterocycles. The minimum atomic E-state index is 0.101. The molecule has 0 unspecified atom stereocenters. The molecule has 1 saturated heterocycles. The van der Waals surface area contributed by atoms with Crippen LogP contribution in [-0.2, 0) is 0 Å². The Hall–Kier alpha value is -2.64. The summed E-state index contributed by atoms with van der Waals surface area (Å²) in [5.41, 5.74) is 3.09. The van der Waals surface area contributed by atoms with E-state index in [9.17, 15) is 5.11 Å². The van der Waals surface area contributed by atoms with E-state index in [1.54, 1.807) is 18.3 Å². The molecule has 4 rings (SSSR count). The first kappa shape index (κ1) is 18.7. The number of likely N-dealkylation sites (tertiary alicyclic amines) is 1. The number of hydrogen-bond donors (Lipinski definition) is 2. The van der Waals surface area contributed by atoms with Gasteiger partial charge in [0.2, 0.25) is 0 Å². The summed E-state index contributed by atoms with van der Waals surface area (Å²) < 4.78 is 0. The van der Waals surface area contributed by atoms with Gasteiger partial charge in [-0.3, -0.25) is 5.10 Å². The molecule has 0 amide bonds. The number of benzene rings is 1. The van der Waals surface area contributed by atoms with Crippen LogP contribution in [0.4, 0.5) is 5.82 Å². The standard InChI is InChI=1S/C20H23ClN6O/c1-26-7-4-15(5-8-26)27(2)20-18(17-3-6-22-12-23-17)19(24-25-20)13-9-14(21)11-16(28)10-13/h3,6,9-12,15,28H,4-5,7-8H2,1-2H3,(H,24,25). The van der Waals surface area contributed by atoms with E-state index in [0.29, 0.717) is 16.8 Å². The number of phenols is 1. The lowest BCUT2D eigenvalue weighted by Crippen LogP contribution is -2.42. The van der Waals surface area contributed by atoms with E-state index in [1.165, 1.54) is 12.4 Å². The van der Waals surface area contributed by atoms with Crippen LogP contribution in [0, 0.1) is 0 Å². The van der Waals surface area contributed by atoms with Crippen LogP contribution >= 0.6 is 11.6 Å². The van der Waals surface area contributed by atoms with Gasteiger partial charge >= 0.3 is 0 Å². The van der Waals surface area contributed by atoms with Gasteiger partial charge in [-0.25, -0.2) is 9.97 Å². The second-order valence-corrected chi connectivity index (χ2v) is 7.67.